The number of carbonyl (C=O) groups is 1. The van der Waals surface area contributed by atoms with E-state index in [4.69, 9.17) is 12.2 Å². The van der Waals surface area contributed by atoms with Crippen molar-refractivity contribution in [3.05, 3.63) is 11.8 Å². The van der Waals surface area contributed by atoms with Crippen molar-refractivity contribution in [1.82, 2.24) is 15.3 Å². The highest BCUT2D eigenvalue weighted by molar-refractivity contribution is 7.99. The fourth-order valence-corrected chi connectivity index (χ4v) is 2.44. The molecule has 0 aliphatic carbocycles. The summed E-state index contributed by atoms with van der Waals surface area (Å²) in [5.41, 5.74) is 5.85. The number of thioether (sulfide) groups is 1. The number of nitrogens with zero attached hydrogens (tertiary/aromatic N) is 2. The minimum atomic E-state index is -0.565. The lowest BCUT2D eigenvalue weighted by Crippen LogP contribution is -2.47. The van der Waals surface area contributed by atoms with Gasteiger partial charge in [0, 0.05) is 11.8 Å². The van der Waals surface area contributed by atoms with Crippen molar-refractivity contribution in [2.45, 2.75) is 44.3 Å². The second-order valence-electron chi connectivity index (χ2n) is 4.49. The molecule has 20 heavy (non-hydrogen) atoms. The van der Waals surface area contributed by atoms with E-state index in [1.165, 1.54) is 11.8 Å². The van der Waals surface area contributed by atoms with E-state index < -0.39 is 5.54 Å². The smallest absolute Gasteiger partial charge is 0.231 e. The largest absolute Gasteiger partial charge is 0.384 e. The summed E-state index contributed by atoms with van der Waals surface area (Å²) >= 11 is 1.25. The molecule has 1 heterocycles. The van der Waals surface area contributed by atoms with E-state index in [-0.39, 0.29) is 11.7 Å². The van der Waals surface area contributed by atoms with Crippen LogP contribution in [0.15, 0.2) is 11.2 Å². The molecule has 3 N–H and O–H groups in total. The fraction of sp³-hybridized carbons (Fsp3) is 0.500. The normalized spacial score (nSPS) is 10.9. The molecular formula is C14H20N4OS. The van der Waals surface area contributed by atoms with Crippen LogP contribution in [0.4, 0.5) is 5.82 Å². The van der Waals surface area contributed by atoms with Crippen molar-refractivity contribution >= 4 is 23.5 Å². The number of carbonyl (C=O) groups excluding carboxylic acids is 1. The summed E-state index contributed by atoms with van der Waals surface area (Å²) in [6.45, 7) is 5.75. The summed E-state index contributed by atoms with van der Waals surface area (Å²) < 4.78 is 0. The van der Waals surface area contributed by atoms with Gasteiger partial charge in [0.05, 0.1) is 5.75 Å². The molecule has 0 aliphatic rings. The van der Waals surface area contributed by atoms with E-state index in [0.717, 1.165) is 5.69 Å². The van der Waals surface area contributed by atoms with Crippen LogP contribution in [-0.4, -0.2) is 27.2 Å². The molecule has 0 saturated carbocycles. The zero-order valence-electron chi connectivity index (χ0n) is 12.1. The molecule has 0 saturated heterocycles. The first-order chi connectivity index (χ1) is 9.44. The first-order valence-corrected chi connectivity index (χ1v) is 7.46. The Kier molecular flexibility index (Phi) is 5.83. The molecular weight excluding hydrogens is 272 g/mol. The highest BCUT2D eigenvalue weighted by Gasteiger charge is 2.25. The van der Waals surface area contributed by atoms with E-state index in [2.05, 4.69) is 21.2 Å². The quantitative estimate of drug-likeness (QED) is 0.474. The van der Waals surface area contributed by atoms with Gasteiger partial charge in [-0.25, -0.2) is 9.97 Å². The number of nitrogens with two attached hydrogens (primary N) is 1. The Morgan fingerprint density at radius 2 is 2.15 bits per heavy atom. The summed E-state index contributed by atoms with van der Waals surface area (Å²) in [7, 11) is 0. The van der Waals surface area contributed by atoms with E-state index in [1.54, 1.807) is 6.07 Å². The van der Waals surface area contributed by atoms with E-state index >= 15 is 0 Å². The van der Waals surface area contributed by atoms with Gasteiger partial charge < -0.3 is 11.1 Å². The molecule has 0 fully saturated rings. The van der Waals surface area contributed by atoms with Crippen molar-refractivity contribution in [1.29, 1.82) is 0 Å². The lowest BCUT2D eigenvalue weighted by atomic mass is 9.94. The molecule has 0 bridgehead atoms. The number of anilines is 1. The minimum Gasteiger partial charge on any atom is -0.384 e. The first kappa shape index (κ1) is 16.3. The molecule has 1 rings (SSSR count). The van der Waals surface area contributed by atoms with Crippen LogP contribution in [0.5, 0.6) is 0 Å². The van der Waals surface area contributed by atoms with Gasteiger partial charge in [0.1, 0.15) is 11.4 Å². The summed E-state index contributed by atoms with van der Waals surface area (Å²) in [4.78, 5) is 20.3. The molecule has 0 aromatic carbocycles. The number of hydrogen-bond donors (Lipinski definition) is 2. The van der Waals surface area contributed by atoms with Crippen LogP contribution >= 0.6 is 11.8 Å². The zero-order valence-corrected chi connectivity index (χ0v) is 12.9. The summed E-state index contributed by atoms with van der Waals surface area (Å²) in [5.74, 6) is 3.16. The standard InChI is InChI=1S/C14H20N4OS/c1-5-14(6-2,7-3)18-12(19)9-20-13-16-10(4)8-11(15)17-13/h1,8H,6-7,9H2,2-4H3,(H,18,19)(H2,15,16,17). The molecule has 5 nitrogen and oxygen atoms in total. The Morgan fingerprint density at radius 3 is 2.65 bits per heavy atom. The highest BCUT2D eigenvalue weighted by Crippen LogP contribution is 2.17. The predicted octanol–water partition coefficient (Wildman–Crippen LogP) is 1.77. The van der Waals surface area contributed by atoms with Gasteiger partial charge in [0.15, 0.2) is 5.16 Å². The Hall–Kier alpha value is -1.74. The number of aryl methyl sites for hydroxylation is 1. The molecule has 6 heteroatoms. The number of amides is 1. The van der Waals surface area contributed by atoms with Gasteiger partial charge in [0.2, 0.25) is 5.91 Å². The second kappa shape index (κ2) is 7.15. The topological polar surface area (TPSA) is 80.9 Å². The minimum absolute atomic E-state index is 0.125. The van der Waals surface area contributed by atoms with Crippen molar-refractivity contribution in [3.8, 4) is 12.3 Å². The van der Waals surface area contributed by atoms with Crippen molar-refractivity contribution in [2.24, 2.45) is 0 Å². The summed E-state index contributed by atoms with van der Waals surface area (Å²) in [6.07, 6.45) is 6.91. The Morgan fingerprint density at radius 1 is 1.50 bits per heavy atom. The second-order valence-corrected chi connectivity index (χ2v) is 5.43. The number of aromatic nitrogens is 2. The molecule has 108 valence electrons. The molecule has 0 aliphatic heterocycles. The molecule has 1 aromatic heterocycles. The van der Waals surface area contributed by atoms with Crippen LogP contribution in [0.2, 0.25) is 0 Å². The maximum atomic E-state index is 12.0. The van der Waals surface area contributed by atoms with Gasteiger partial charge in [-0.05, 0) is 19.8 Å². The molecule has 1 amide bonds. The van der Waals surface area contributed by atoms with Crippen molar-refractivity contribution in [3.63, 3.8) is 0 Å². The maximum absolute atomic E-state index is 12.0. The number of nitrogen functional groups attached to an aromatic ring is 1. The van der Waals surface area contributed by atoms with Crippen molar-refractivity contribution < 1.29 is 4.79 Å². The van der Waals surface area contributed by atoms with Crippen LogP contribution in [0.1, 0.15) is 32.4 Å². The third-order valence-corrected chi connectivity index (χ3v) is 3.90. The maximum Gasteiger partial charge on any atom is 0.231 e. The van der Waals surface area contributed by atoms with Crippen LogP contribution in [-0.2, 0) is 4.79 Å². The van der Waals surface area contributed by atoms with Crippen molar-refractivity contribution in [2.75, 3.05) is 11.5 Å². The van der Waals surface area contributed by atoms with Crippen LogP contribution < -0.4 is 11.1 Å². The Bertz CT molecular complexity index is 500. The molecule has 0 radical (unpaired) electrons. The lowest BCUT2D eigenvalue weighted by molar-refractivity contribution is -0.119. The molecule has 0 spiro atoms. The van der Waals surface area contributed by atoms with Gasteiger partial charge in [-0.15, -0.1) is 6.42 Å². The molecule has 0 atom stereocenters. The average Bonchev–Trinajstić information content (AvgIpc) is 2.42. The highest BCUT2D eigenvalue weighted by atomic mass is 32.2. The van der Waals surface area contributed by atoms with E-state index in [1.807, 2.05) is 20.8 Å². The Labute approximate surface area is 124 Å². The number of nitrogens with one attached hydrogen (secondary N) is 1. The van der Waals surface area contributed by atoms with Gasteiger partial charge in [-0.2, -0.15) is 0 Å². The SMILES string of the molecule is C#CC(CC)(CC)NC(=O)CSc1nc(C)cc(N)n1. The van der Waals surface area contributed by atoms with Gasteiger partial charge in [-0.3, -0.25) is 4.79 Å². The number of rotatable bonds is 6. The van der Waals surface area contributed by atoms with Gasteiger partial charge in [0.25, 0.3) is 0 Å². The monoisotopic (exact) mass is 292 g/mol. The van der Waals surface area contributed by atoms with E-state index in [0.29, 0.717) is 23.8 Å². The first-order valence-electron chi connectivity index (χ1n) is 6.47. The molecule has 1 aromatic rings. The third-order valence-electron chi connectivity index (χ3n) is 3.05. The number of terminal acetylenes is 1. The van der Waals surface area contributed by atoms with Gasteiger partial charge >= 0.3 is 0 Å². The average molecular weight is 292 g/mol. The van der Waals surface area contributed by atoms with Gasteiger partial charge in [-0.1, -0.05) is 31.5 Å². The fourth-order valence-electron chi connectivity index (χ4n) is 1.73. The Balaban J connectivity index is 2.62. The van der Waals surface area contributed by atoms with Crippen LogP contribution in [0, 0.1) is 19.3 Å². The van der Waals surface area contributed by atoms with Crippen LogP contribution in [0.3, 0.4) is 0 Å². The lowest BCUT2D eigenvalue weighted by Gasteiger charge is -2.26. The summed E-state index contributed by atoms with van der Waals surface area (Å²) in [6, 6.07) is 1.68. The van der Waals surface area contributed by atoms with Crippen LogP contribution in [0.25, 0.3) is 0 Å². The molecule has 0 unspecified atom stereocenters. The third kappa shape index (κ3) is 4.42. The zero-order chi connectivity index (χ0) is 15.2. The predicted molar refractivity (Wildman–Crippen MR) is 82.2 cm³/mol. The number of hydrogen-bond acceptors (Lipinski definition) is 5. The van der Waals surface area contributed by atoms with E-state index in [9.17, 15) is 4.79 Å². The summed E-state index contributed by atoms with van der Waals surface area (Å²) in [5, 5.41) is 3.39.